The average molecular weight is 236 g/mol. The van der Waals surface area contributed by atoms with Crippen LogP contribution in [0.1, 0.15) is 39.5 Å². The summed E-state index contributed by atoms with van der Waals surface area (Å²) in [6.45, 7) is 8.52. The SMILES string of the molecule is C=C(CO)C1CCC2C(O)CC=C(C)C2(C)C1. The molecule has 0 spiro atoms. The standard InChI is InChI=1S/C15H24O2/c1-10(9-16)12-5-6-13-14(17)7-4-11(2)15(13,3)8-12/h4,12-14,16-17H,1,5-9H2,2-3H3. The van der Waals surface area contributed by atoms with Crippen molar-refractivity contribution in [3.8, 4) is 0 Å². The van der Waals surface area contributed by atoms with Gasteiger partial charge in [-0.25, -0.2) is 0 Å². The van der Waals surface area contributed by atoms with Gasteiger partial charge in [0.05, 0.1) is 12.7 Å². The van der Waals surface area contributed by atoms with Crippen LogP contribution in [0, 0.1) is 17.3 Å². The molecule has 2 N–H and O–H groups in total. The van der Waals surface area contributed by atoms with Gasteiger partial charge in [0.1, 0.15) is 0 Å². The molecule has 0 radical (unpaired) electrons. The average Bonchev–Trinajstić information content (AvgIpc) is 2.32. The normalized spacial score (nSPS) is 41.6. The van der Waals surface area contributed by atoms with Crippen LogP contribution in [0.25, 0.3) is 0 Å². The maximum Gasteiger partial charge on any atom is 0.0641 e. The highest BCUT2D eigenvalue weighted by molar-refractivity contribution is 5.22. The molecule has 2 heteroatoms. The first-order valence-corrected chi connectivity index (χ1v) is 6.63. The molecule has 1 saturated carbocycles. The third-order valence-corrected chi connectivity index (χ3v) is 5.13. The Morgan fingerprint density at radius 2 is 2.24 bits per heavy atom. The van der Waals surface area contributed by atoms with Crippen molar-refractivity contribution >= 4 is 0 Å². The summed E-state index contributed by atoms with van der Waals surface area (Å²) in [6, 6.07) is 0. The lowest BCUT2D eigenvalue weighted by molar-refractivity contribution is -0.00585. The van der Waals surface area contributed by atoms with Crippen LogP contribution >= 0.6 is 0 Å². The van der Waals surface area contributed by atoms with Crippen molar-refractivity contribution in [3.05, 3.63) is 23.8 Å². The molecule has 0 aromatic carbocycles. The van der Waals surface area contributed by atoms with Crippen molar-refractivity contribution in [1.29, 1.82) is 0 Å². The summed E-state index contributed by atoms with van der Waals surface area (Å²) in [7, 11) is 0. The van der Waals surface area contributed by atoms with E-state index in [-0.39, 0.29) is 18.1 Å². The zero-order valence-corrected chi connectivity index (χ0v) is 10.9. The molecule has 0 aromatic rings. The van der Waals surface area contributed by atoms with E-state index in [0.717, 1.165) is 31.3 Å². The summed E-state index contributed by atoms with van der Waals surface area (Å²) >= 11 is 0. The molecule has 0 aromatic heterocycles. The van der Waals surface area contributed by atoms with Gasteiger partial charge >= 0.3 is 0 Å². The maximum absolute atomic E-state index is 10.2. The lowest BCUT2D eigenvalue weighted by Gasteiger charge is -2.50. The predicted molar refractivity (Wildman–Crippen MR) is 69.5 cm³/mol. The topological polar surface area (TPSA) is 40.5 Å². The Morgan fingerprint density at radius 3 is 2.88 bits per heavy atom. The van der Waals surface area contributed by atoms with E-state index >= 15 is 0 Å². The van der Waals surface area contributed by atoms with E-state index in [4.69, 9.17) is 0 Å². The minimum atomic E-state index is -0.188. The molecule has 0 heterocycles. The van der Waals surface area contributed by atoms with Gasteiger partial charge in [0.15, 0.2) is 0 Å². The first-order valence-electron chi connectivity index (χ1n) is 6.63. The second-order valence-electron chi connectivity index (χ2n) is 6.01. The van der Waals surface area contributed by atoms with Gasteiger partial charge < -0.3 is 10.2 Å². The van der Waals surface area contributed by atoms with Crippen molar-refractivity contribution in [3.63, 3.8) is 0 Å². The van der Waals surface area contributed by atoms with E-state index in [2.05, 4.69) is 26.5 Å². The summed E-state index contributed by atoms with van der Waals surface area (Å²) < 4.78 is 0. The molecule has 0 saturated heterocycles. The molecular weight excluding hydrogens is 212 g/mol. The Hall–Kier alpha value is -0.600. The van der Waals surface area contributed by atoms with Crippen molar-refractivity contribution in [2.75, 3.05) is 6.61 Å². The minimum absolute atomic E-state index is 0.0940. The molecule has 2 rings (SSSR count). The molecular formula is C15H24O2. The third kappa shape index (κ3) is 2.09. The molecule has 2 aliphatic rings. The van der Waals surface area contributed by atoms with E-state index in [1.165, 1.54) is 5.57 Å². The van der Waals surface area contributed by atoms with Crippen LogP contribution in [0.5, 0.6) is 0 Å². The first kappa shape index (κ1) is 12.8. The molecule has 0 aliphatic heterocycles. The van der Waals surface area contributed by atoms with Gasteiger partial charge in [-0.05, 0) is 55.4 Å². The molecule has 1 fully saturated rings. The zero-order chi connectivity index (χ0) is 12.6. The van der Waals surface area contributed by atoms with Crippen molar-refractivity contribution in [2.24, 2.45) is 17.3 Å². The highest BCUT2D eigenvalue weighted by atomic mass is 16.3. The Kier molecular flexibility index (Phi) is 3.46. The van der Waals surface area contributed by atoms with Gasteiger partial charge in [0.2, 0.25) is 0 Å². The smallest absolute Gasteiger partial charge is 0.0641 e. The molecule has 0 amide bonds. The van der Waals surface area contributed by atoms with Gasteiger partial charge in [0, 0.05) is 0 Å². The van der Waals surface area contributed by atoms with E-state index < -0.39 is 0 Å². The number of aliphatic hydroxyl groups is 2. The van der Waals surface area contributed by atoms with Gasteiger partial charge in [0.25, 0.3) is 0 Å². The highest BCUT2D eigenvalue weighted by Crippen LogP contribution is 2.53. The number of fused-ring (bicyclic) bond motifs is 1. The monoisotopic (exact) mass is 236 g/mol. The van der Waals surface area contributed by atoms with Crippen LogP contribution in [0.4, 0.5) is 0 Å². The fourth-order valence-corrected chi connectivity index (χ4v) is 3.71. The van der Waals surface area contributed by atoms with Crippen LogP contribution in [0.15, 0.2) is 23.8 Å². The van der Waals surface area contributed by atoms with E-state index in [1.54, 1.807) is 0 Å². The van der Waals surface area contributed by atoms with Crippen LogP contribution in [-0.2, 0) is 0 Å². The van der Waals surface area contributed by atoms with Gasteiger partial charge in [-0.15, -0.1) is 0 Å². The molecule has 2 aliphatic carbocycles. The fraction of sp³-hybridized carbons (Fsp3) is 0.733. The van der Waals surface area contributed by atoms with Crippen LogP contribution in [-0.4, -0.2) is 22.9 Å². The predicted octanol–water partition coefficient (Wildman–Crippen LogP) is 2.67. The number of rotatable bonds is 2. The molecule has 96 valence electrons. The van der Waals surface area contributed by atoms with Crippen molar-refractivity contribution in [1.82, 2.24) is 0 Å². The third-order valence-electron chi connectivity index (χ3n) is 5.13. The number of aliphatic hydroxyl groups excluding tert-OH is 2. The van der Waals surface area contributed by atoms with E-state index in [9.17, 15) is 10.2 Å². The quantitative estimate of drug-likeness (QED) is 0.724. The van der Waals surface area contributed by atoms with Gasteiger partial charge in [-0.3, -0.25) is 0 Å². The molecule has 4 atom stereocenters. The molecule has 17 heavy (non-hydrogen) atoms. The summed E-state index contributed by atoms with van der Waals surface area (Å²) in [5.74, 6) is 0.796. The van der Waals surface area contributed by atoms with Gasteiger partial charge in [-0.1, -0.05) is 25.2 Å². The van der Waals surface area contributed by atoms with Crippen LogP contribution < -0.4 is 0 Å². The Labute approximate surface area is 104 Å². The Bertz CT molecular complexity index is 345. The zero-order valence-electron chi connectivity index (χ0n) is 10.9. The van der Waals surface area contributed by atoms with Crippen LogP contribution in [0.2, 0.25) is 0 Å². The number of hydrogen-bond acceptors (Lipinski definition) is 2. The molecule has 2 nitrogen and oxygen atoms in total. The highest BCUT2D eigenvalue weighted by Gasteiger charge is 2.46. The number of hydrogen-bond donors (Lipinski definition) is 2. The maximum atomic E-state index is 10.2. The first-order chi connectivity index (χ1) is 7.99. The molecule has 0 bridgehead atoms. The lowest BCUT2D eigenvalue weighted by Crippen LogP contribution is -2.44. The Balaban J connectivity index is 2.23. The van der Waals surface area contributed by atoms with Crippen molar-refractivity contribution < 1.29 is 10.2 Å². The van der Waals surface area contributed by atoms with Crippen LogP contribution in [0.3, 0.4) is 0 Å². The summed E-state index contributed by atoms with van der Waals surface area (Å²) in [6.07, 6.45) is 5.93. The largest absolute Gasteiger partial charge is 0.392 e. The fourth-order valence-electron chi connectivity index (χ4n) is 3.71. The summed E-state index contributed by atoms with van der Waals surface area (Å²) in [5, 5.41) is 19.4. The second-order valence-corrected chi connectivity index (χ2v) is 6.01. The Morgan fingerprint density at radius 1 is 1.53 bits per heavy atom. The van der Waals surface area contributed by atoms with E-state index in [1.807, 2.05) is 0 Å². The summed E-state index contributed by atoms with van der Waals surface area (Å²) in [5.41, 5.74) is 2.46. The number of allylic oxidation sites excluding steroid dienone is 1. The van der Waals surface area contributed by atoms with Gasteiger partial charge in [-0.2, -0.15) is 0 Å². The van der Waals surface area contributed by atoms with Crippen molar-refractivity contribution in [2.45, 2.75) is 45.6 Å². The summed E-state index contributed by atoms with van der Waals surface area (Å²) in [4.78, 5) is 0. The minimum Gasteiger partial charge on any atom is -0.392 e. The molecule has 4 unspecified atom stereocenters. The second kappa shape index (κ2) is 4.58. The van der Waals surface area contributed by atoms with E-state index in [0.29, 0.717) is 11.8 Å². The lowest BCUT2D eigenvalue weighted by atomic mass is 9.56.